The van der Waals surface area contributed by atoms with Crippen LogP contribution in [0.2, 0.25) is 0 Å². The van der Waals surface area contributed by atoms with Crippen LogP contribution < -0.4 is 10.5 Å². The molecule has 0 aliphatic heterocycles. The van der Waals surface area contributed by atoms with Gasteiger partial charge in [0.1, 0.15) is 5.82 Å². The van der Waals surface area contributed by atoms with Gasteiger partial charge in [0.25, 0.3) is 0 Å². The summed E-state index contributed by atoms with van der Waals surface area (Å²) in [6.07, 6.45) is 4.39. The van der Waals surface area contributed by atoms with Crippen molar-refractivity contribution >= 4 is 10.0 Å². The van der Waals surface area contributed by atoms with Gasteiger partial charge in [-0.1, -0.05) is 12.8 Å². The molecule has 1 aromatic rings. The third-order valence-corrected chi connectivity index (χ3v) is 5.25. The molecule has 2 rings (SSSR count). The summed E-state index contributed by atoms with van der Waals surface area (Å²) < 4.78 is 40.7. The predicted octanol–water partition coefficient (Wildman–Crippen LogP) is 2.06. The molecule has 1 aliphatic rings. The van der Waals surface area contributed by atoms with Gasteiger partial charge in [0.2, 0.25) is 10.0 Å². The highest BCUT2D eigenvalue weighted by Gasteiger charge is 2.22. The molecule has 112 valence electrons. The number of halogens is 1. The molecule has 0 radical (unpaired) electrons. The monoisotopic (exact) mass is 300 g/mol. The number of hydrogen-bond acceptors (Lipinski definition) is 3. The minimum absolute atomic E-state index is 0.00984. The van der Waals surface area contributed by atoms with Crippen LogP contribution in [-0.4, -0.2) is 15.0 Å². The number of nitrogens with two attached hydrogens (primary N) is 1. The van der Waals surface area contributed by atoms with Crippen molar-refractivity contribution in [3.63, 3.8) is 0 Å². The molecule has 0 atom stereocenters. The minimum atomic E-state index is -3.67. The summed E-state index contributed by atoms with van der Waals surface area (Å²) >= 11 is 0. The van der Waals surface area contributed by atoms with E-state index in [1.807, 2.05) is 0 Å². The van der Waals surface area contributed by atoms with Gasteiger partial charge < -0.3 is 5.73 Å². The third kappa shape index (κ3) is 3.77. The van der Waals surface area contributed by atoms with Crippen LogP contribution in [0.4, 0.5) is 4.39 Å². The Morgan fingerprint density at radius 3 is 2.70 bits per heavy atom. The Labute approximate surface area is 119 Å². The topological polar surface area (TPSA) is 72.2 Å². The van der Waals surface area contributed by atoms with Crippen LogP contribution in [0.15, 0.2) is 17.0 Å². The van der Waals surface area contributed by atoms with Crippen molar-refractivity contribution in [3.8, 4) is 0 Å². The summed E-state index contributed by atoms with van der Waals surface area (Å²) in [5.74, 6) is 0.241. The second-order valence-corrected chi connectivity index (χ2v) is 7.12. The highest BCUT2D eigenvalue weighted by molar-refractivity contribution is 7.89. The number of benzene rings is 1. The van der Waals surface area contributed by atoms with Gasteiger partial charge in [-0.05, 0) is 43.4 Å². The standard InChI is InChI=1S/C14H21FN2O2S/c1-10-13(15)7-12(9-16)8-14(10)20(18,19)17-6-2-3-11-4-5-11/h7-8,11,17H,2-6,9,16H2,1H3. The Morgan fingerprint density at radius 1 is 1.40 bits per heavy atom. The minimum Gasteiger partial charge on any atom is -0.326 e. The van der Waals surface area contributed by atoms with Crippen molar-refractivity contribution in [3.05, 3.63) is 29.1 Å². The van der Waals surface area contributed by atoms with E-state index in [9.17, 15) is 12.8 Å². The van der Waals surface area contributed by atoms with Gasteiger partial charge >= 0.3 is 0 Å². The number of nitrogens with one attached hydrogen (secondary N) is 1. The van der Waals surface area contributed by atoms with E-state index in [1.165, 1.54) is 31.9 Å². The van der Waals surface area contributed by atoms with Gasteiger partial charge in [0.05, 0.1) is 4.90 Å². The van der Waals surface area contributed by atoms with Gasteiger partial charge in [-0.2, -0.15) is 0 Å². The van der Waals surface area contributed by atoms with E-state index in [-0.39, 0.29) is 17.0 Å². The second kappa shape index (κ2) is 6.20. The second-order valence-electron chi connectivity index (χ2n) is 5.39. The SMILES string of the molecule is Cc1c(F)cc(CN)cc1S(=O)(=O)NCCCC1CC1. The van der Waals surface area contributed by atoms with Gasteiger partial charge in [-0.3, -0.25) is 0 Å². The summed E-state index contributed by atoms with van der Waals surface area (Å²) in [6.45, 7) is 1.97. The molecule has 1 aliphatic carbocycles. The lowest BCUT2D eigenvalue weighted by atomic mass is 10.1. The van der Waals surface area contributed by atoms with Crippen molar-refractivity contribution in [1.82, 2.24) is 4.72 Å². The van der Waals surface area contributed by atoms with E-state index in [1.54, 1.807) is 0 Å². The quantitative estimate of drug-likeness (QED) is 0.757. The van der Waals surface area contributed by atoms with E-state index in [0.717, 1.165) is 18.8 Å². The average molecular weight is 300 g/mol. The molecule has 3 N–H and O–H groups in total. The summed E-state index contributed by atoms with van der Waals surface area (Å²) in [6, 6.07) is 2.73. The van der Waals surface area contributed by atoms with Crippen molar-refractivity contribution < 1.29 is 12.8 Å². The summed E-state index contributed by atoms with van der Waals surface area (Å²) in [4.78, 5) is -0.00984. The zero-order valence-corrected chi connectivity index (χ0v) is 12.5. The fourth-order valence-corrected chi connectivity index (χ4v) is 3.56. The molecule has 4 nitrogen and oxygen atoms in total. The molecule has 0 bridgehead atoms. The molecule has 0 saturated heterocycles. The molecule has 0 aromatic heterocycles. The summed E-state index contributed by atoms with van der Waals surface area (Å²) in [5.41, 5.74) is 6.08. The van der Waals surface area contributed by atoms with Crippen LogP contribution in [0.25, 0.3) is 0 Å². The maximum Gasteiger partial charge on any atom is 0.240 e. The summed E-state index contributed by atoms with van der Waals surface area (Å²) in [5, 5.41) is 0. The fourth-order valence-electron chi connectivity index (χ4n) is 2.19. The Hall–Kier alpha value is -0.980. The van der Waals surface area contributed by atoms with E-state index in [4.69, 9.17) is 5.73 Å². The molecular weight excluding hydrogens is 279 g/mol. The predicted molar refractivity (Wildman–Crippen MR) is 76.2 cm³/mol. The van der Waals surface area contributed by atoms with Gasteiger partial charge in [0.15, 0.2) is 0 Å². The van der Waals surface area contributed by atoms with Gasteiger partial charge in [-0.15, -0.1) is 0 Å². The van der Waals surface area contributed by atoms with Crippen LogP contribution >= 0.6 is 0 Å². The molecular formula is C14H21FN2O2S. The number of rotatable bonds is 7. The van der Waals surface area contributed by atoms with E-state index >= 15 is 0 Å². The Kier molecular flexibility index (Phi) is 4.78. The van der Waals surface area contributed by atoms with Crippen LogP contribution in [0.5, 0.6) is 0 Å². The highest BCUT2D eigenvalue weighted by Crippen LogP contribution is 2.33. The van der Waals surface area contributed by atoms with Crippen molar-refractivity contribution in [2.24, 2.45) is 11.7 Å². The zero-order valence-electron chi connectivity index (χ0n) is 11.7. The van der Waals surface area contributed by atoms with Crippen LogP contribution in [0.1, 0.15) is 36.8 Å². The first-order chi connectivity index (χ1) is 9.44. The van der Waals surface area contributed by atoms with Crippen molar-refractivity contribution in [2.45, 2.75) is 44.0 Å². The van der Waals surface area contributed by atoms with E-state index in [0.29, 0.717) is 12.1 Å². The fraction of sp³-hybridized carbons (Fsp3) is 0.571. The first-order valence-corrected chi connectivity index (χ1v) is 8.41. The molecule has 1 saturated carbocycles. The zero-order chi connectivity index (χ0) is 14.8. The molecule has 0 spiro atoms. The van der Waals surface area contributed by atoms with E-state index in [2.05, 4.69) is 4.72 Å². The average Bonchev–Trinajstić information content (AvgIpc) is 3.21. The van der Waals surface area contributed by atoms with Crippen LogP contribution in [0.3, 0.4) is 0 Å². The van der Waals surface area contributed by atoms with Crippen LogP contribution in [0, 0.1) is 18.7 Å². The molecule has 0 unspecified atom stereocenters. The van der Waals surface area contributed by atoms with Crippen molar-refractivity contribution in [2.75, 3.05) is 6.54 Å². The van der Waals surface area contributed by atoms with E-state index < -0.39 is 15.8 Å². The molecule has 0 amide bonds. The largest absolute Gasteiger partial charge is 0.326 e. The van der Waals surface area contributed by atoms with Crippen molar-refractivity contribution in [1.29, 1.82) is 0 Å². The smallest absolute Gasteiger partial charge is 0.240 e. The Morgan fingerprint density at radius 2 is 2.10 bits per heavy atom. The molecule has 1 aromatic carbocycles. The van der Waals surface area contributed by atoms with Crippen LogP contribution in [-0.2, 0) is 16.6 Å². The molecule has 6 heteroatoms. The maximum atomic E-state index is 13.7. The van der Waals surface area contributed by atoms with Gasteiger partial charge in [-0.25, -0.2) is 17.5 Å². The normalized spacial score (nSPS) is 15.6. The molecule has 20 heavy (non-hydrogen) atoms. The first-order valence-electron chi connectivity index (χ1n) is 6.93. The maximum absolute atomic E-state index is 13.7. The lowest BCUT2D eigenvalue weighted by Gasteiger charge is -2.11. The highest BCUT2D eigenvalue weighted by atomic mass is 32.2. The molecule has 1 fully saturated rings. The summed E-state index contributed by atoms with van der Waals surface area (Å²) in [7, 11) is -3.67. The Balaban J connectivity index is 2.08. The number of hydrogen-bond donors (Lipinski definition) is 2. The third-order valence-electron chi connectivity index (χ3n) is 3.66. The lowest BCUT2D eigenvalue weighted by molar-refractivity contribution is 0.566. The van der Waals surface area contributed by atoms with Gasteiger partial charge in [0, 0.05) is 18.7 Å². The first kappa shape index (κ1) is 15.4. The molecule has 0 heterocycles. The lowest BCUT2D eigenvalue weighted by Crippen LogP contribution is -2.26. The Bertz CT molecular complexity index is 583. The number of sulfonamides is 1.